The van der Waals surface area contributed by atoms with Crippen LogP contribution in [0.15, 0.2) is 15.6 Å². The highest BCUT2D eigenvalue weighted by Gasteiger charge is 2.32. The monoisotopic (exact) mass is 363 g/mol. The maximum Gasteiger partial charge on any atom is 0.191 e. The van der Waals surface area contributed by atoms with Crippen molar-refractivity contribution in [1.29, 1.82) is 0 Å². The third-order valence-electron chi connectivity index (χ3n) is 5.59. The third kappa shape index (κ3) is 4.76. The molecule has 2 unspecified atom stereocenters. The van der Waals surface area contributed by atoms with Crippen molar-refractivity contribution in [3.05, 3.63) is 17.5 Å². The van der Waals surface area contributed by atoms with Crippen molar-refractivity contribution >= 4 is 5.96 Å². The van der Waals surface area contributed by atoms with Crippen molar-refractivity contribution in [3.63, 3.8) is 0 Å². The molecule has 0 aliphatic carbocycles. The standard InChI is InChI=1S/C19H33N5O2/c1-4-14(5-2)18-9-16(26-23-18)10-21-19(20-3)22-11-17-12-24-8-6-7-15(24)13-25-17/h9,14-15,17H,4-8,10-13H2,1-3H3,(H2,20,21,22). The van der Waals surface area contributed by atoms with Gasteiger partial charge >= 0.3 is 0 Å². The minimum atomic E-state index is 0.217. The minimum Gasteiger partial charge on any atom is -0.373 e. The SMILES string of the molecule is CCC(CC)c1cc(CNC(=NC)NCC2CN3CCCC3CO2)on1. The van der Waals surface area contributed by atoms with Crippen molar-refractivity contribution in [2.75, 3.05) is 33.3 Å². The summed E-state index contributed by atoms with van der Waals surface area (Å²) in [5.41, 5.74) is 1.05. The lowest BCUT2D eigenvalue weighted by molar-refractivity contribution is -0.0453. The van der Waals surface area contributed by atoms with Gasteiger partial charge in [0.1, 0.15) is 0 Å². The lowest BCUT2D eigenvalue weighted by atomic mass is 9.99. The first-order valence-electron chi connectivity index (χ1n) is 9.99. The molecule has 2 fully saturated rings. The number of aromatic nitrogens is 1. The molecule has 146 valence electrons. The van der Waals surface area contributed by atoms with E-state index >= 15 is 0 Å². The fourth-order valence-electron chi connectivity index (χ4n) is 3.92. The molecule has 2 aliphatic rings. The van der Waals surface area contributed by atoms with E-state index in [0.29, 0.717) is 18.5 Å². The number of aliphatic imine (C=N–C) groups is 1. The summed E-state index contributed by atoms with van der Waals surface area (Å²) in [4.78, 5) is 6.85. The average Bonchev–Trinajstić information content (AvgIpc) is 3.32. The molecular weight excluding hydrogens is 330 g/mol. The van der Waals surface area contributed by atoms with Gasteiger partial charge in [-0.05, 0) is 32.2 Å². The van der Waals surface area contributed by atoms with Gasteiger partial charge in [0.25, 0.3) is 0 Å². The van der Waals surface area contributed by atoms with Gasteiger partial charge in [-0.3, -0.25) is 9.89 Å². The van der Waals surface area contributed by atoms with Gasteiger partial charge in [0.05, 0.1) is 24.9 Å². The van der Waals surface area contributed by atoms with Gasteiger partial charge in [-0.15, -0.1) is 0 Å². The van der Waals surface area contributed by atoms with Crippen LogP contribution in [0, 0.1) is 0 Å². The molecule has 0 spiro atoms. The van der Waals surface area contributed by atoms with Gasteiger partial charge in [-0.2, -0.15) is 0 Å². The number of nitrogens with zero attached hydrogens (tertiary/aromatic N) is 3. The number of fused-ring (bicyclic) bond motifs is 1. The smallest absolute Gasteiger partial charge is 0.191 e. The van der Waals surface area contributed by atoms with Crippen LogP contribution in [0.4, 0.5) is 0 Å². The molecule has 26 heavy (non-hydrogen) atoms. The summed E-state index contributed by atoms with van der Waals surface area (Å²) < 4.78 is 11.4. The maximum absolute atomic E-state index is 5.99. The zero-order chi connectivity index (χ0) is 18.4. The highest BCUT2D eigenvalue weighted by molar-refractivity contribution is 5.79. The normalized spacial score (nSPS) is 24.1. The molecule has 7 nitrogen and oxygen atoms in total. The van der Waals surface area contributed by atoms with Crippen LogP contribution in [0.5, 0.6) is 0 Å². The number of hydrogen-bond donors (Lipinski definition) is 2. The fraction of sp³-hybridized carbons (Fsp3) is 0.789. The molecule has 0 amide bonds. The Morgan fingerprint density at radius 3 is 3.00 bits per heavy atom. The van der Waals surface area contributed by atoms with Gasteiger partial charge in [0.15, 0.2) is 11.7 Å². The Morgan fingerprint density at radius 2 is 2.23 bits per heavy atom. The maximum atomic E-state index is 5.99. The Balaban J connectivity index is 1.42. The number of nitrogens with one attached hydrogen (secondary N) is 2. The van der Waals surface area contributed by atoms with Crippen LogP contribution in [-0.2, 0) is 11.3 Å². The topological polar surface area (TPSA) is 74.9 Å². The van der Waals surface area contributed by atoms with E-state index in [1.807, 2.05) is 0 Å². The van der Waals surface area contributed by atoms with Crippen LogP contribution in [0.2, 0.25) is 0 Å². The van der Waals surface area contributed by atoms with Gasteiger partial charge in [-0.25, -0.2) is 0 Å². The van der Waals surface area contributed by atoms with Crippen LogP contribution in [-0.4, -0.2) is 61.5 Å². The molecule has 1 aromatic rings. The molecule has 2 saturated heterocycles. The molecule has 2 aliphatic heterocycles. The first-order chi connectivity index (χ1) is 12.7. The van der Waals surface area contributed by atoms with Gasteiger partial charge in [0, 0.05) is 38.2 Å². The van der Waals surface area contributed by atoms with E-state index in [-0.39, 0.29) is 6.10 Å². The molecule has 0 aromatic carbocycles. The molecule has 1 aromatic heterocycles. The van der Waals surface area contributed by atoms with Crippen molar-refractivity contribution in [3.8, 4) is 0 Å². The van der Waals surface area contributed by atoms with E-state index in [1.54, 1.807) is 7.05 Å². The van der Waals surface area contributed by atoms with Crippen LogP contribution < -0.4 is 10.6 Å². The lowest BCUT2D eigenvalue weighted by Crippen LogP contribution is -2.51. The Hall–Kier alpha value is -1.60. The summed E-state index contributed by atoms with van der Waals surface area (Å²) in [6.45, 7) is 8.78. The van der Waals surface area contributed by atoms with Crippen LogP contribution in [0.25, 0.3) is 0 Å². The number of ether oxygens (including phenoxy) is 1. The van der Waals surface area contributed by atoms with E-state index in [4.69, 9.17) is 9.26 Å². The summed E-state index contributed by atoms with van der Waals surface area (Å²) in [7, 11) is 1.78. The molecule has 7 heteroatoms. The molecular formula is C19H33N5O2. The molecule has 0 bridgehead atoms. The quantitative estimate of drug-likeness (QED) is 0.571. The van der Waals surface area contributed by atoms with Gasteiger partial charge in [0.2, 0.25) is 0 Å². The summed E-state index contributed by atoms with van der Waals surface area (Å²) >= 11 is 0. The number of hydrogen-bond acceptors (Lipinski definition) is 5. The number of morpholine rings is 1. The van der Waals surface area contributed by atoms with Crippen LogP contribution >= 0.6 is 0 Å². The predicted molar refractivity (Wildman–Crippen MR) is 102 cm³/mol. The highest BCUT2D eigenvalue weighted by atomic mass is 16.5. The minimum absolute atomic E-state index is 0.217. The zero-order valence-corrected chi connectivity index (χ0v) is 16.3. The second-order valence-corrected chi connectivity index (χ2v) is 7.28. The van der Waals surface area contributed by atoms with Crippen LogP contribution in [0.3, 0.4) is 0 Å². The average molecular weight is 364 g/mol. The second kappa shape index (κ2) is 9.37. The lowest BCUT2D eigenvalue weighted by Gasteiger charge is -2.35. The molecule has 0 radical (unpaired) electrons. The summed E-state index contributed by atoms with van der Waals surface area (Å²) in [5, 5.41) is 10.9. The van der Waals surface area contributed by atoms with E-state index in [1.165, 1.54) is 19.4 Å². The van der Waals surface area contributed by atoms with Crippen molar-refractivity contribution in [2.45, 2.75) is 64.1 Å². The van der Waals surface area contributed by atoms with Crippen molar-refractivity contribution in [1.82, 2.24) is 20.7 Å². The molecule has 3 rings (SSSR count). The van der Waals surface area contributed by atoms with Crippen molar-refractivity contribution < 1.29 is 9.26 Å². The van der Waals surface area contributed by atoms with Crippen molar-refractivity contribution in [2.24, 2.45) is 4.99 Å². The second-order valence-electron chi connectivity index (χ2n) is 7.28. The molecule has 2 N–H and O–H groups in total. The third-order valence-corrected chi connectivity index (χ3v) is 5.59. The Morgan fingerprint density at radius 1 is 1.38 bits per heavy atom. The van der Waals surface area contributed by atoms with Gasteiger partial charge in [-0.1, -0.05) is 19.0 Å². The van der Waals surface area contributed by atoms with E-state index in [2.05, 4.69) is 45.6 Å². The zero-order valence-electron chi connectivity index (χ0n) is 16.3. The molecule has 0 saturated carbocycles. The fourth-order valence-corrected chi connectivity index (χ4v) is 3.92. The molecule has 3 heterocycles. The number of guanidine groups is 1. The van der Waals surface area contributed by atoms with Crippen LogP contribution in [0.1, 0.15) is 56.9 Å². The van der Waals surface area contributed by atoms with E-state index < -0.39 is 0 Å². The Bertz CT molecular complexity index is 584. The largest absolute Gasteiger partial charge is 0.373 e. The molecule has 2 atom stereocenters. The highest BCUT2D eigenvalue weighted by Crippen LogP contribution is 2.23. The first-order valence-corrected chi connectivity index (χ1v) is 9.99. The number of rotatable bonds is 7. The summed E-state index contributed by atoms with van der Waals surface area (Å²) in [6.07, 6.45) is 4.96. The van der Waals surface area contributed by atoms with E-state index in [9.17, 15) is 0 Å². The van der Waals surface area contributed by atoms with Gasteiger partial charge < -0.3 is 19.9 Å². The predicted octanol–water partition coefficient (Wildman–Crippen LogP) is 2.11. The van der Waals surface area contributed by atoms with E-state index in [0.717, 1.165) is 50.0 Å². The Kier molecular flexibility index (Phi) is 6.91. The Labute approximate surface area is 156 Å². The first kappa shape index (κ1) is 19.2. The summed E-state index contributed by atoms with van der Waals surface area (Å²) in [6, 6.07) is 2.69. The summed E-state index contributed by atoms with van der Waals surface area (Å²) in [5.74, 6) is 2.07.